The third kappa shape index (κ3) is 3.76. The molecule has 0 saturated carbocycles. The van der Waals surface area contributed by atoms with Crippen LogP contribution in [-0.2, 0) is 14.3 Å². The molecular formula is C21H27NO5. The average Bonchev–Trinajstić information content (AvgIpc) is 3.18. The summed E-state index contributed by atoms with van der Waals surface area (Å²) in [6, 6.07) is 4.01. The molecule has 3 aliphatic rings. The molecule has 1 aromatic rings. The van der Waals surface area contributed by atoms with Crippen LogP contribution in [-0.4, -0.2) is 51.6 Å². The number of nitrogens with zero attached hydrogens (tertiary/aromatic N) is 1. The van der Waals surface area contributed by atoms with Gasteiger partial charge in [0.1, 0.15) is 12.2 Å². The molecule has 0 aromatic heterocycles. The summed E-state index contributed by atoms with van der Waals surface area (Å²) in [5.74, 6) is 1.24. The van der Waals surface area contributed by atoms with Crippen LogP contribution in [0.5, 0.6) is 11.5 Å². The van der Waals surface area contributed by atoms with Gasteiger partial charge < -0.3 is 23.8 Å². The minimum Gasteiger partial charge on any atom is -0.493 e. The van der Waals surface area contributed by atoms with Crippen molar-refractivity contribution in [1.29, 1.82) is 0 Å². The summed E-state index contributed by atoms with van der Waals surface area (Å²) in [4.78, 5) is 14.6. The zero-order chi connectivity index (χ0) is 18.8. The number of esters is 1. The van der Waals surface area contributed by atoms with Crippen LogP contribution in [0.15, 0.2) is 18.2 Å². The Bertz CT molecular complexity index is 726. The van der Waals surface area contributed by atoms with E-state index in [-0.39, 0.29) is 18.2 Å². The van der Waals surface area contributed by atoms with Crippen LogP contribution in [0.25, 0.3) is 6.08 Å². The first-order valence-electron chi connectivity index (χ1n) is 9.75. The summed E-state index contributed by atoms with van der Waals surface area (Å²) in [6.45, 7) is 1.59. The number of methoxy groups -OCH3 is 1. The monoisotopic (exact) mass is 373 g/mol. The predicted octanol–water partition coefficient (Wildman–Crippen LogP) is 3.18. The van der Waals surface area contributed by atoms with Crippen molar-refractivity contribution >= 4 is 17.7 Å². The maximum atomic E-state index is 12.4. The fraction of sp³-hybridized carbons (Fsp3) is 0.571. The van der Waals surface area contributed by atoms with Gasteiger partial charge in [0.2, 0.25) is 0 Å². The highest BCUT2D eigenvalue weighted by atomic mass is 16.6. The lowest BCUT2D eigenvalue weighted by molar-refractivity contribution is -0.158. The Morgan fingerprint density at radius 2 is 2.15 bits per heavy atom. The molecule has 1 fully saturated rings. The molecule has 3 atom stereocenters. The van der Waals surface area contributed by atoms with Crippen LogP contribution in [0.2, 0.25) is 0 Å². The Balaban J connectivity index is 1.66. The number of carbonyl (C=O) groups is 1. The number of ether oxygens (including phenoxy) is 4. The van der Waals surface area contributed by atoms with Crippen LogP contribution < -0.4 is 14.4 Å². The topological polar surface area (TPSA) is 57.2 Å². The molecule has 27 heavy (non-hydrogen) atoms. The Labute approximate surface area is 160 Å². The maximum Gasteiger partial charge on any atom is 0.335 e. The summed E-state index contributed by atoms with van der Waals surface area (Å²) < 4.78 is 23.2. The van der Waals surface area contributed by atoms with E-state index in [2.05, 4.69) is 18.0 Å². The van der Waals surface area contributed by atoms with Gasteiger partial charge in [-0.1, -0.05) is 0 Å². The second-order valence-corrected chi connectivity index (χ2v) is 7.41. The SMILES string of the molecule is COc1ccc2c3c1O[C@H](CCCN2C)C[C@@H](OC(=O)C1CCCO1)C=C3. The minimum absolute atomic E-state index is 0.0355. The minimum atomic E-state index is -0.423. The number of fused-ring (bicyclic) bond motifs is 1. The van der Waals surface area contributed by atoms with E-state index in [1.54, 1.807) is 7.11 Å². The molecule has 6 nitrogen and oxygen atoms in total. The van der Waals surface area contributed by atoms with Gasteiger partial charge in [0.05, 0.1) is 7.11 Å². The molecule has 6 heteroatoms. The lowest BCUT2D eigenvalue weighted by atomic mass is 10.0. The van der Waals surface area contributed by atoms with Gasteiger partial charge in [-0.25, -0.2) is 4.79 Å². The Morgan fingerprint density at radius 3 is 2.93 bits per heavy atom. The van der Waals surface area contributed by atoms with E-state index in [1.165, 1.54) is 0 Å². The van der Waals surface area contributed by atoms with E-state index in [1.807, 2.05) is 18.2 Å². The van der Waals surface area contributed by atoms with Crippen LogP contribution in [0.1, 0.15) is 37.7 Å². The van der Waals surface area contributed by atoms with Crippen molar-refractivity contribution in [3.8, 4) is 11.5 Å². The van der Waals surface area contributed by atoms with Crippen LogP contribution in [0, 0.1) is 0 Å². The van der Waals surface area contributed by atoms with Crippen molar-refractivity contribution in [2.45, 2.75) is 50.4 Å². The fourth-order valence-electron chi connectivity index (χ4n) is 4.03. The van der Waals surface area contributed by atoms with Crippen LogP contribution in [0.4, 0.5) is 5.69 Å². The smallest absolute Gasteiger partial charge is 0.335 e. The van der Waals surface area contributed by atoms with Gasteiger partial charge >= 0.3 is 5.97 Å². The molecule has 1 unspecified atom stereocenters. The standard InChI is InChI=1S/C21H27NO5/c1-22-11-3-5-14-13-15(27-21(23)19-6-4-12-25-19)7-8-16-17(22)9-10-18(24-2)20(16)26-14/h7-10,14-15,19H,3-6,11-13H2,1-2H3/t14-,15+,19?/m1/s1. The highest BCUT2D eigenvalue weighted by molar-refractivity contribution is 5.78. The van der Waals surface area contributed by atoms with Gasteiger partial charge in [-0.3, -0.25) is 0 Å². The van der Waals surface area contributed by atoms with Crippen molar-refractivity contribution in [2.24, 2.45) is 0 Å². The maximum absolute atomic E-state index is 12.4. The second kappa shape index (κ2) is 7.80. The van der Waals surface area contributed by atoms with E-state index in [0.717, 1.165) is 55.0 Å². The van der Waals surface area contributed by atoms with Gasteiger partial charge in [0.25, 0.3) is 0 Å². The summed E-state index contributed by atoms with van der Waals surface area (Å²) in [5.41, 5.74) is 2.07. The van der Waals surface area contributed by atoms with Crippen molar-refractivity contribution in [3.05, 3.63) is 23.8 Å². The van der Waals surface area contributed by atoms with Gasteiger partial charge in [0.15, 0.2) is 17.6 Å². The van der Waals surface area contributed by atoms with Crippen LogP contribution >= 0.6 is 0 Å². The summed E-state index contributed by atoms with van der Waals surface area (Å²) in [6.07, 6.45) is 7.38. The lowest BCUT2D eigenvalue weighted by Crippen LogP contribution is -2.31. The molecule has 146 valence electrons. The summed E-state index contributed by atoms with van der Waals surface area (Å²) >= 11 is 0. The van der Waals surface area contributed by atoms with Crippen LogP contribution in [0.3, 0.4) is 0 Å². The number of hydrogen-bond donors (Lipinski definition) is 0. The molecule has 1 saturated heterocycles. The van der Waals surface area contributed by atoms with Crippen molar-refractivity contribution in [3.63, 3.8) is 0 Å². The first-order chi connectivity index (χ1) is 13.2. The van der Waals surface area contributed by atoms with Crippen molar-refractivity contribution < 1.29 is 23.7 Å². The van der Waals surface area contributed by atoms with Gasteiger partial charge in [-0.2, -0.15) is 0 Å². The molecule has 1 aromatic carbocycles. The predicted molar refractivity (Wildman–Crippen MR) is 102 cm³/mol. The Hall–Kier alpha value is -2.21. The molecule has 0 spiro atoms. The fourth-order valence-corrected chi connectivity index (χ4v) is 4.03. The number of rotatable bonds is 3. The zero-order valence-electron chi connectivity index (χ0n) is 16.0. The molecule has 0 amide bonds. The zero-order valence-corrected chi connectivity index (χ0v) is 16.0. The van der Waals surface area contributed by atoms with E-state index in [0.29, 0.717) is 13.0 Å². The number of carbonyl (C=O) groups excluding carboxylic acids is 1. The molecule has 0 N–H and O–H groups in total. The van der Waals surface area contributed by atoms with Gasteiger partial charge in [0, 0.05) is 37.9 Å². The first kappa shape index (κ1) is 18.2. The first-order valence-corrected chi connectivity index (χ1v) is 9.75. The summed E-state index contributed by atoms with van der Waals surface area (Å²) in [7, 11) is 3.75. The molecule has 3 heterocycles. The highest BCUT2D eigenvalue weighted by Gasteiger charge is 2.31. The lowest BCUT2D eigenvalue weighted by Gasteiger charge is -2.27. The second-order valence-electron chi connectivity index (χ2n) is 7.41. The quantitative estimate of drug-likeness (QED) is 0.759. The van der Waals surface area contributed by atoms with E-state index in [9.17, 15) is 4.79 Å². The number of anilines is 1. The van der Waals surface area contributed by atoms with E-state index >= 15 is 0 Å². The highest BCUT2D eigenvalue weighted by Crippen LogP contribution is 2.42. The van der Waals surface area contributed by atoms with E-state index < -0.39 is 6.10 Å². The Morgan fingerprint density at radius 1 is 1.26 bits per heavy atom. The normalized spacial score (nSPS) is 27.0. The third-order valence-electron chi connectivity index (χ3n) is 5.51. The average molecular weight is 373 g/mol. The number of benzene rings is 1. The summed E-state index contributed by atoms with van der Waals surface area (Å²) in [5, 5.41) is 0. The van der Waals surface area contributed by atoms with Gasteiger partial charge in [-0.15, -0.1) is 0 Å². The van der Waals surface area contributed by atoms with Crippen molar-refractivity contribution in [2.75, 3.05) is 32.2 Å². The molecule has 0 radical (unpaired) electrons. The van der Waals surface area contributed by atoms with E-state index in [4.69, 9.17) is 18.9 Å². The third-order valence-corrected chi connectivity index (χ3v) is 5.51. The molecular weight excluding hydrogens is 346 g/mol. The van der Waals surface area contributed by atoms with Crippen molar-refractivity contribution in [1.82, 2.24) is 0 Å². The molecule has 0 aliphatic carbocycles. The molecule has 3 aliphatic heterocycles. The van der Waals surface area contributed by atoms with Gasteiger partial charge in [-0.05, 0) is 50.0 Å². The molecule has 4 rings (SSSR count). The Kier molecular flexibility index (Phi) is 5.25. The molecule has 4 bridgehead atoms. The largest absolute Gasteiger partial charge is 0.493 e. The number of hydrogen-bond acceptors (Lipinski definition) is 6.